The number of aromatic nitrogens is 1. The number of carboxylic acid groups (broad SMARTS) is 1. The van der Waals surface area contributed by atoms with Gasteiger partial charge in [-0.05, 0) is 18.6 Å². The molecule has 0 bridgehead atoms. The van der Waals surface area contributed by atoms with Crippen molar-refractivity contribution in [3.63, 3.8) is 0 Å². The van der Waals surface area contributed by atoms with Gasteiger partial charge < -0.3 is 5.11 Å². The summed E-state index contributed by atoms with van der Waals surface area (Å²) in [5, 5.41) is 8.39. The summed E-state index contributed by atoms with van der Waals surface area (Å²) in [6.45, 7) is 1.71. The number of nitrogens with zero attached hydrogens (tertiary/aromatic N) is 1. The molecule has 2 N–H and O–H groups in total. The Morgan fingerprint density at radius 1 is 1.56 bits per heavy atom. The maximum Gasteiger partial charge on any atom is 0.304 e. The zero-order valence-corrected chi connectivity index (χ0v) is 9.49. The Bertz CT molecular complexity index is 484. The van der Waals surface area contributed by atoms with Gasteiger partial charge in [0.1, 0.15) is 5.82 Å². The number of nitrogens with one attached hydrogen (secondary N) is 1. The smallest absolute Gasteiger partial charge is 0.304 e. The van der Waals surface area contributed by atoms with Crippen molar-refractivity contribution in [1.82, 2.24) is 4.98 Å². The summed E-state index contributed by atoms with van der Waals surface area (Å²) in [5.74, 6) is -1.38. The van der Waals surface area contributed by atoms with Crippen molar-refractivity contribution in [2.24, 2.45) is 0 Å². The highest BCUT2D eigenvalue weighted by Crippen LogP contribution is 2.11. The van der Waals surface area contributed by atoms with Crippen molar-refractivity contribution in [3.8, 4) is 0 Å². The Morgan fingerprint density at radius 3 is 2.81 bits per heavy atom. The molecule has 0 saturated heterocycles. The summed E-state index contributed by atoms with van der Waals surface area (Å²) in [5.41, 5.74) is 0.682. The van der Waals surface area contributed by atoms with Crippen LogP contribution in [0.2, 0.25) is 0 Å². The van der Waals surface area contributed by atoms with Gasteiger partial charge in [-0.1, -0.05) is 6.07 Å². The van der Waals surface area contributed by atoms with Gasteiger partial charge in [0.05, 0.1) is 12.2 Å². The molecule has 0 spiro atoms. The number of carbonyl (C=O) groups is 1. The van der Waals surface area contributed by atoms with Gasteiger partial charge in [0.2, 0.25) is 10.0 Å². The van der Waals surface area contributed by atoms with E-state index < -0.39 is 28.2 Å². The van der Waals surface area contributed by atoms with Gasteiger partial charge in [0.25, 0.3) is 0 Å². The Kier molecular flexibility index (Phi) is 3.83. The number of aliphatic carboxylic acids is 1. The van der Waals surface area contributed by atoms with Crippen LogP contribution in [0.3, 0.4) is 0 Å². The van der Waals surface area contributed by atoms with Gasteiger partial charge in [-0.15, -0.1) is 0 Å². The minimum absolute atomic E-state index is 0.230. The van der Waals surface area contributed by atoms with Crippen molar-refractivity contribution in [1.29, 1.82) is 0 Å². The topological polar surface area (TPSA) is 96.4 Å². The zero-order valence-electron chi connectivity index (χ0n) is 8.67. The second-order valence-electron chi connectivity index (χ2n) is 3.23. The molecule has 0 radical (unpaired) electrons. The van der Waals surface area contributed by atoms with E-state index in [1.165, 1.54) is 6.20 Å². The van der Waals surface area contributed by atoms with Gasteiger partial charge in [0, 0.05) is 6.20 Å². The highest BCUT2D eigenvalue weighted by atomic mass is 32.2. The fraction of sp³-hybridized carbons (Fsp3) is 0.333. The summed E-state index contributed by atoms with van der Waals surface area (Å²) in [7, 11) is -3.65. The second kappa shape index (κ2) is 4.93. The molecule has 0 unspecified atom stereocenters. The first-order valence-electron chi connectivity index (χ1n) is 4.54. The molecule has 1 rings (SSSR count). The lowest BCUT2D eigenvalue weighted by molar-refractivity contribution is -0.136. The standard InChI is InChI=1S/C9H12N2O4S/c1-7-3-2-5-10-9(7)11-16(14,15)6-4-8(12)13/h2-3,5H,4,6H2,1H3,(H,10,11)(H,12,13). The van der Waals surface area contributed by atoms with Crippen LogP contribution in [0, 0.1) is 6.92 Å². The Morgan fingerprint density at radius 2 is 2.25 bits per heavy atom. The van der Waals surface area contributed by atoms with E-state index in [0.29, 0.717) is 5.56 Å². The predicted octanol–water partition coefficient (Wildman–Crippen LogP) is 0.606. The van der Waals surface area contributed by atoms with E-state index in [9.17, 15) is 13.2 Å². The number of hydrogen-bond donors (Lipinski definition) is 2. The van der Waals surface area contributed by atoms with Crippen molar-refractivity contribution < 1.29 is 18.3 Å². The third kappa shape index (κ3) is 3.85. The Hall–Kier alpha value is -1.63. The number of carboxylic acids is 1. The maximum absolute atomic E-state index is 11.4. The third-order valence-corrected chi connectivity index (χ3v) is 3.09. The number of hydrogen-bond acceptors (Lipinski definition) is 4. The molecule has 0 aliphatic heterocycles. The molecule has 0 saturated carbocycles. The van der Waals surface area contributed by atoms with E-state index >= 15 is 0 Å². The minimum Gasteiger partial charge on any atom is -0.481 e. The molecule has 0 amide bonds. The first kappa shape index (κ1) is 12.4. The molecule has 0 aliphatic carbocycles. The molecule has 7 heteroatoms. The van der Waals surface area contributed by atoms with Crippen molar-refractivity contribution in [3.05, 3.63) is 23.9 Å². The average molecular weight is 244 g/mol. The molecule has 1 aromatic rings. The van der Waals surface area contributed by atoms with Crippen LogP contribution in [0.5, 0.6) is 0 Å². The molecule has 88 valence electrons. The molecular formula is C9H12N2O4S. The Labute approximate surface area is 93.4 Å². The van der Waals surface area contributed by atoms with Crippen LogP contribution in [0.15, 0.2) is 18.3 Å². The number of pyridine rings is 1. The van der Waals surface area contributed by atoms with Gasteiger partial charge in [-0.2, -0.15) is 0 Å². The van der Waals surface area contributed by atoms with Crippen LogP contribution in [-0.4, -0.2) is 30.2 Å². The Balaban J connectivity index is 2.73. The normalized spacial score (nSPS) is 11.1. The van der Waals surface area contributed by atoms with Gasteiger partial charge >= 0.3 is 5.97 Å². The van der Waals surface area contributed by atoms with Crippen LogP contribution >= 0.6 is 0 Å². The second-order valence-corrected chi connectivity index (χ2v) is 5.08. The minimum atomic E-state index is -3.65. The summed E-state index contributed by atoms with van der Waals surface area (Å²) in [6, 6.07) is 3.40. The van der Waals surface area contributed by atoms with Crippen LogP contribution in [0.1, 0.15) is 12.0 Å². The number of aryl methyl sites for hydroxylation is 1. The maximum atomic E-state index is 11.4. The zero-order chi connectivity index (χ0) is 12.2. The quantitative estimate of drug-likeness (QED) is 0.790. The van der Waals surface area contributed by atoms with E-state index in [4.69, 9.17) is 5.11 Å². The van der Waals surface area contributed by atoms with E-state index in [0.717, 1.165) is 0 Å². The summed E-state index contributed by atoms with van der Waals surface area (Å²) >= 11 is 0. The lowest BCUT2D eigenvalue weighted by Crippen LogP contribution is -2.20. The number of anilines is 1. The van der Waals surface area contributed by atoms with E-state index in [1.807, 2.05) is 0 Å². The van der Waals surface area contributed by atoms with Gasteiger partial charge in [0.15, 0.2) is 0 Å². The number of sulfonamides is 1. The lowest BCUT2D eigenvalue weighted by Gasteiger charge is -2.07. The predicted molar refractivity (Wildman–Crippen MR) is 58.6 cm³/mol. The highest BCUT2D eigenvalue weighted by molar-refractivity contribution is 7.92. The van der Waals surface area contributed by atoms with Crippen LogP contribution < -0.4 is 4.72 Å². The average Bonchev–Trinajstić information content (AvgIpc) is 2.19. The molecule has 0 fully saturated rings. The monoisotopic (exact) mass is 244 g/mol. The fourth-order valence-electron chi connectivity index (χ4n) is 1.01. The van der Waals surface area contributed by atoms with Gasteiger partial charge in [-0.25, -0.2) is 13.4 Å². The fourth-order valence-corrected chi connectivity index (χ4v) is 2.07. The molecule has 6 nitrogen and oxygen atoms in total. The van der Waals surface area contributed by atoms with Crippen molar-refractivity contribution in [2.75, 3.05) is 10.5 Å². The summed E-state index contributed by atoms with van der Waals surface area (Å²) < 4.78 is 25.1. The molecule has 1 aromatic heterocycles. The summed E-state index contributed by atoms with van der Waals surface area (Å²) in [6.07, 6.45) is 1.03. The highest BCUT2D eigenvalue weighted by Gasteiger charge is 2.14. The molecule has 16 heavy (non-hydrogen) atoms. The number of rotatable bonds is 5. The molecule has 1 heterocycles. The first-order valence-corrected chi connectivity index (χ1v) is 6.20. The molecule has 0 aliphatic rings. The molecule has 0 aromatic carbocycles. The van der Waals surface area contributed by atoms with Crippen LogP contribution in [-0.2, 0) is 14.8 Å². The molecule has 0 atom stereocenters. The largest absolute Gasteiger partial charge is 0.481 e. The lowest BCUT2D eigenvalue weighted by atomic mass is 10.3. The van der Waals surface area contributed by atoms with Crippen LogP contribution in [0.4, 0.5) is 5.82 Å². The first-order chi connectivity index (χ1) is 7.41. The van der Waals surface area contributed by atoms with Gasteiger partial charge in [-0.3, -0.25) is 9.52 Å². The third-order valence-electron chi connectivity index (χ3n) is 1.85. The van der Waals surface area contributed by atoms with Crippen LogP contribution in [0.25, 0.3) is 0 Å². The van der Waals surface area contributed by atoms with E-state index in [-0.39, 0.29) is 5.82 Å². The molecular weight excluding hydrogens is 232 g/mol. The van der Waals surface area contributed by atoms with Crippen molar-refractivity contribution >= 4 is 21.8 Å². The van der Waals surface area contributed by atoms with Crippen molar-refractivity contribution in [2.45, 2.75) is 13.3 Å². The summed E-state index contributed by atoms with van der Waals surface area (Å²) in [4.78, 5) is 14.1. The SMILES string of the molecule is Cc1cccnc1NS(=O)(=O)CCC(=O)O. The van der Waals surface area contributed by atoms with E-state index in [1.54, 1.807) is 19.1 Å². The van der Waals surface area contributed by atoms with E-state index in [2.05, 4.69) is 9.71 Å².